The van der Waals surface area contributed by atoms with Crippen molar-refractivity contribution in [2.45, 2.75) is 13.3 Å². The van der Waals surface area contributed by atoms with Gasteiger partial charge in [-0.15, -0.1) is 0 Å². The van der Waals surface area contributed by atoms with Gasteiger partial charge in [0.2, 0.25) is 6.41 Å². The van der Waals surface area contributed by atoms with Gasteiger partial charge in [-0.05, 0) is 6.42 Å². The molecule has 2 heteroatoms. The largest absolute Gasteiger partial charge is 0.355 e. The number of allylic oxidation sites excluding steroid dienone is 3. The van der Waals surface area contributed by atoms with E-state index in [2.05, 4.69) is 18.3 Å². The van der Waals surface area contributed by atoms with Gasteiger partial charge in [0.25, 0.3) is 0 Å². The minimum absolute atomic E-state index is 0.609. The lowest BCUT2D eigenvalue weighted by Crippen LogP contribution is -2.08. The van der Waals surface area contributed by atoms with Gasteiger partial charge in [-0.3, -0.25) is 4.79 Å². The fourth-order valence-corrected chi connectivity index (χ4v) is 0.477. The highest BCUT2D eigenvalue weighted by Crippen LogP contribution is 1.80. The molecule has 0 aromatic heterocycles. The zero-order valence-corrected chi connectivity index (χ0v) is 6.21. The Kier molecular flexibility index (Phi) is 7.12. The molecule has 0 atom stereocenters. The molecule has 0 aliphatic carbocycles. The van der Waals surface area contributed by atoms with Crippen molar-refractivity contribution < 1.29 is 4.79 Å². The van der Waals surface area contributed by atoms with E-state index in [1.54, 1.807) is 0 Å². The first-order valence-electron chi connectivity index (χ1n) is 3.40. The molecule has 56 valence electrons. The van der Waals surface area contributed by atoms with Crippen molar-refractivity contribution in [3.63, 3.8) is 0 Å². The van der Waals surface area contributed by atoms with Gasteiger partial charge in [-0.2, -0.15) is 0 Å². The summed E-state index contributed by atoms with van der Waals surface area (Å²) in [7, 11) is 0. The zero-order chi connectivity index (χ0) is 7.66. The van der Waals surface area contributed by atoms with Crippen molar-refractivity contribution in [1.29, 1.82) is 0 Å². The number of carbonyl (C=O) groups excluding carboxylic acids is 1. The van der Waals surface area contributed by atoms with E-state index < -0.39 is 0 Å². The van der Waals surface area contributed by atoms with Gasteiger partial charge in [0.1, 0.15) is 0 Å². The van der Waals surface area contributed by atoms with Crippen molar-refractivity contribution in [3.05, 3.63) is 24.3 Å². The Bertz CT molecular complexity index is 127. The predicted octanol–water partition coefficient (Wildman–Crippen LogP) is 1.25. The monoisotopic (exact) mass is 139 g/mol. The summed E-state index contributed by atoms with van der Waals surface area (Å²) in [4.78, 5) is 9.73. The third kappa shape index (κ3) is 6.95. The number of carbonyl (C=O) groups is 1. The first-order valence-corrected chi connectivity index (χ1v) is 3.40. The highest BCUT2D eigenvalue weighted by atomic mass is 16.1. The second kappa shape index (κ2) is 7.95. The van der Waals surface area contributed by atoms with Crippen molar-refractivity contribution in [3.8, 4) is 0 Å². The molecule has 0 heterocycles. The molecule has 0 saturated heterocycles. The predicted molar refractivity (Wildman–Crippen MR) is 42.6 cm³/mol. The molecule has 0 bridgehead atoms. The fourth-order valence-electron chi connectivity index (χ4n) is 0.477. The quantitative estimate of drug-likeness (QED) is 0.347. The maximum atomic E-state index is 9.73. The van der Waals surface area contributed by atoms with E-state index >= 15 is 0 Å². The SMILES string of the molecule is CC/C=C\C=C/CNC=O. The molecule has 0 aromatic carbocycles. The van der Waals surface area contributed by atoms with Crippen LogP contribution < -0.4 is 5.32 Å². The van der Waals surface area contributed by atoms with Crippen LogP contribution in [0.25, 0.3) is 0 Å². The summed E-state index contributed by atoms with van der Waals surface area (Å²) >= 11 is 0. The van der Waals surface area contributed by atoms with Crippen LogP contribution in [0.3, 0.4) is 0 Å². The molecule has 0 aliphatic rings. The summed E-state index contributed by atoms with van der Waals surface area (Å²) in [6, 6.07) is 0. The normalized spacial score (nSPS) is 10.9. The summed E-state index contributed by atoms with van der Waals surface area (Å²) in [5.74, 6) is 0. The topological polar surface area (TPSA) is 29.1 Å². The van der Waals surface area contributed by atoms with Gasteiger partial charge in [-0.25, -0.2) is 0 Å². The summed E-state index contributed by atoms with van der Waals surface area (Å²) < 4.78 is 0. The van der Waals surface area contributed by atoms with Gasteiger partial charge in [0.15, 0.2) is 0 Å². The molecular formula is C8H13NO. The van der Waals surface area contributed by atoms with Crippen LogP contribution in [0.5, 0.6) is 0 Å². The van der Waals surface area contributed by atoms with Gasteiger partial charge >= 0.3 is 0 Å². The average molecular weight is 139 g/mol. The Morgan fingerprint density at radius 1 is 1.30 bits per heavy atom. The second-order valence-electron chi connectivity index (χ2n) is 1.79. The Morgan fingerprint density at radius 3 is 2.60 bits per heavy atom. The Morgan fingerprint density at radius 2 is 2.00 bits per heavy atom. The molecule has 2 nitrogen and oxygen atoms in total. The van der Waals surface area contributed by atoms with Crippen LogP contribution in [0.15, 0.2) is 24.3 Å². The van der Waals surface area contributed by atoms with Gasteiger partial charge in [0, 0.05) is 6.54 Å². The zero-order valence-electron chi connectivity index (χ0n) is 6.21. The highest BCUT2D eigenvalue weighted by molar-refractivity contribution is 5.46. The van der Waals surface area contributed by atoms with E-state index in [-0.39, 0.29) is 0 Å². The van der Waals surface area contributed by atoms with Crippen LogP contribution in [0.1, 0.15) is 13.3 Å². The molecule has 0 rings (SSSR count). The minimum atomic E-state index is 0.609. The van der Waals surface area contributed by atoms with E-state index in [9.17, 15) is 4.79 Å². The molecule has 1 N–H and O–H groups in total. The van der Waals surface area contributed by atoms with Crippen molar-refractivity contribution >= 4 is 6.41 Å². The lowest BCUT2D eigenvalue weighted by Gasteiger charge is -1.84. The van der Waals surface area contributed by atoms with Crippen LogP contribution in [0.2, 0.25) is 0 Å². The van der Waals surface area contributed by atoms with E-state index in [0.29, 0.717) is 13.0 Å². The smallest absolute Gasteiger partial charge is 0.207 e. The van der Waals surface area contributed by atoms with E-state index in [1.807, 2.05) is 18.2 Å². The first-order chi connectivity index (χ1) is 4.91. The summed E-state index contributed by atoms with van der Waals surface area (Å²) in [6.45, 7) is 2.69. The average Bonchev–Trinajstić information content (AvgIpc) is 1.97. The molecule has 0 saturated carbocycles. The molecule has 0 aliphatic heterocycles. The molecule has 0 fully saturated rings. The molecule has 0 unspecified atom stereocenters. The van der Waals surface area contributed by atoms with Crippen molar-refractivity contribution in [2.24, 2.45) is 0 Å². The standard InChI is InChI=1S/C8H13NO/c1-2-3-4-5-6-7-9-8-10/h3-6,8H,2,7H2,1H3,(H,9,10)/b4-3-,6-5-. The molecular weight excluding hydrogens is 126 g/mol. The number of hydrogen-bond donors (Lipinski definition) is 1. The number of nitrogens with one attached hydrogen (secondary N) is 1. The number of hydrogen-bond acceptors (Lipinski definition) is 1. The molecule has 0 aromatic rings. The lowest BCUT2D eigenvalue weighted by atomic mass is 10.4. The number of rotatable bonds is 5. The van der Waals surface area contributed by atoms with Crippen LogP contribution in [0.4, 0.5) is 0 Å². The first kappa shape index (κ1) is 8.95. The van der Waals surface area contributed by atoms with E-state index in [0.717, 1.165) is 6.42 Å². The molecule has 0 spiro atoms. The Balaban J connectivity index is 3.19. The van der Waals surface area contributed by atoms with Gasteiger partial charge < -0.3 is 5.32 Å². The van der Waals surface area contributed by atoms with Crippen LogP contribution >= 0.6 is 0 Å². The van der Waals surface area contributed by atoms with E-state index in [4.69, 9.17) is 0 Å². The minimum Gasteiger partial charge on any atom is -0.355 e. The van der Waals surface area contributed by atoms with Crippen LogP contribution in [0, 0.1) is 0 Å². The van der Waals surface area contributed by atoms with E-state index in [1.165, 1.54) is 0 Å². The maximum Gasteiger partial charge on any atom is 0.207 e. The summed E-state index contributed by atoms with van der Waals surface area (Å²) in [5.41, 5.74) is 0. The lowest BCUT2D eigenvalue weighted by molar-refractivity contribution is -0.109. The maximum absolute atomic E-state index is 9.73. The Hall–Kier alpha value is -1.05. The highest BCUT2D eigenvalue weighted by Gasteiger charge is 1.69. The van der Waals surface area contributed by atoms with Crippen molar-refractivity contribution in [2.75, 3.05) is 6.54 Å². The second-order valence-corrected chi connectivity index (χ2v) is 1.79. The third-order valence-electron chi connectivity index (χ3n) is 0.938. The van der Waals surface area contributed by atoms with Crippen LogP contribution in [-0.4, -0.2) is 13.0 Å². The summed E-state index contributed by atoms with van der Waals surface area (Å²) in [6.07, 6.45) is 9.56. The Labute approximate surface area is 61.6 Å². The summed E-state index contributed by atoms with van der Waals surface area (Å²) in [5, 5.41) is 2.52. The van der Waals surface area contributed by atoms with Crippen LogP contribution in [-0.2, 0) is 4.79 Å². The number of amides is 1. The molecule has 10 heavy (non-hydrogen) atoms. The molecule has 0 radical (unpaired) electrons. The van der Waals surface area contributed by atoms with Gasteiger partial charge in [0.05, 0.1) is 0 Å². The molecule has 1 amide bonds. The van der Waals surface area contributed by atoms with Gasteiger partial charge in [-0.1, -0.05) is 31.2 Å². The fraction of sp³-hybridized carbons (Fsp3) is 0.375. The van der Waals surface area contributed by atoms with Crippen molar-refractivity contribution in [1.82, 2.24) is 5.32 Å². The third-order valence-corrected chi connectivity index (χ3v) is 0.938.